The monoisotopic (exact) mass is 378 g/mol. The molecule has 0 aliphatic carbocycles. The summed E-state index contributed by atoms with van der Waals surface area (Å²) in [5, 5.41) is 9.58. The van der Waals surface area contributed by atoms with E-state index in [4.69, 9.17) is 0 Å². The number of amides is 3. The SMILES string of the molecule is CCC(C)C1C(=O)N(C(CCSC)C(=O)O)C(=O)N1Cc1ccccc1. The van der Waals surface area contributed by atoms with Crippen LogP contribution in [0.5, 0.6) is 0 Å². The van der Waals surface area contributed by atoms with E-state index in [1.807, 2.05) is 50.4 Å². The molecule has 1 aliphatic heterocycles. The van der Waals surface area contributed by atoms with Crippen molar-refractivity contribution in [1.82, 2.24) is 9.80 Å². The average molecular weight is 378 g/mol. The van der Waals surface area contributed by atoms with E-state index in [0.717, 1.165) is 16.9 Å². The lowest BCUT2D eigenvalue weighted by Crippen LogP contribution is -2.46. The Kier molecular flexibility index (Phi) is 7.08. The summed E-state index contributed by atoms with van der Waals surface area (Å²) >= 11 is 1.50. The van der Waals surface area contributed by atoms with E-state index in [-0.39, 0.29) is 12.3 Å². The highest BCUT2D eigenvalue weighted by Crippen LogP contribution is 2.30. The van der Waals surface area contributed by atoms with Gasteiger partial charge in [-0.25, -0.2) is 14.5 Å². The van der Waals surface area contributed by atoms with Gasteiger partial charge in [-0.05, 0) is 29.9 Å². The molecule has 1 aromatic rings. The molecule has 0 radical (unpaired) electrons. The molecule has 6 nitrogen and oxygen atoms in total. The topological polar surface area (TPSA) is 77.9 Å². The predicted octanol–water partition coefficient (Wildman–Crippen LogP) is 3.07. The van der Waals surface area contributed by atoms with Gasteiger partial charge in [0.25, 0.3) is 5.91 Å². The van der Waals surface area contributed by atoms with Crippen molar-refractivity contribution >= 4 is 29.7 Å². The Morgan fingerprint density at radius 1 is 1.27 bits per heavy atom. The highest BCUT2D eigenvalue weighted by atomic mass is 32.2. The van der Waals surface area contributed by atoms with Crippen LogP contribution >= 0.6 is 11.8 Å². The number of thioether (sulfide) groups is 1. The highest BCUT2D eigenvalue weighted by Gasteiger charge is 2.51. The van der Waals surface area contributed by atoms with Crippen LogP contribution in [-0.4, -0.2) is 56.9 Å². The van der Waals surface area contributed by atoms with Crippen LogP contribution in [0, 0.1) is 5.92 Å². The first-order valence-corrected chi connectivity index (χ1v) is 10.2. The minimum absolute atomic E-state index is 0.0462. The van der Waals surface area contributed by atoms with Crippen LogP contribution in [0.15, 0.2) is 30.3 Å². The maximum absolute atomic E-state index is 13.0. The van der Waals surface area contributed by atoms with Crippen molar-refractivity contribution in [3.05, 3.63) is 35.9 Å². The smallest absolute Gasteiger partial charge is 0.328 e. The molecule has 0 saturated carbocycles. The molecule has 1 aromatic carbocycles. The van der Waals surface area contributed by atoms with Crippen LogP contribution in [0.2, 0.25) is 0 Å². The number of aliphatic carboxylic acids is 1. The van der Waals surface area contributed by atoms with E-state index in [9.17, 15) is 19.5 Å². The fourth-order valence-electron chi connectivity index (χ4n) is 3.23. The fraction of sp³-hybridized carbons (Fsp3) is 0.526. The molecule has 3 atom stereocenters. The Hall–Kier alpha value is -2.02. The molecular weight excluding hydrogens is 352 g/mol. The molecule has 0 aromatic heterocycles. The molecule has 142 valence electrons. The molecule has 1 heterocycles. The predicted molar refractivity (Wildman–Crippen MR) is 102 cm³/mol. The minimum Gasteiger partial charge on any atom is -0.480 e. The Labute approximate surface area is 158 Å². The van der Waals surface area contributed by atoms with E-state index in [2.05, 4.69) is 0 Å². The first-order valence-electron chi connectivity index (χ1n) is 8.81. The van der Waals surface area contributed by atoms with Gasteiger partial charge in [0.15, 0.2) is 0 Å². The Balaban J connectivity index is 2.35. The maximum atomic E-state index is 13.0. The van der Waals surface area contributed by atoms with Gasteiger partial charge in [-0.2, -0.15) is 11.8 Å². The van der Waals surface area contributed by atoms with E-state index >= 15 is 0 Å². The number of hydrogen-bond acceptors (Lipinski definition) is 4. The van der Waals surface area contributed by atoms with Crippen molar-refractivity contribution in [1.29, 1.82) is 0 Å². The number of rotatable bonds is 9. The molecule has 7 heteroatoms. The molecule has 26 heavy (non-hydrogen) atoms. The number of imide groups is 1. The lowest BCUT2D eigenvalue weighted by Gasteiger charge is -2.26. The van der Waals surface area contributed by atoms with Gasteiger partial charge in [0.2, 0.25) is 0 Å². The zero-order chi connectivity index (χ0) is 19.3. The first-order chi connectivity index (χ1) is 12.4. The van der Waals surface area contributed by atoms with Gasteiger partial charge in [0, 0.05) is 6.54 Å². The maximum Gasteiger partial charge on any atom is 0.328 e. The van der Waals surface area contributed by atoms with Crippen LogP contribution in [-0.2, 0) is 16.1 Å². The third kappa shape index (κ3) is 4.20. The van der Waals surface area contributed by atoms with Crippen LogP contribution in [0.25, 0.3) is 0 Å². The lowest BCUT2D eigenvalue weighted by atomic mass is 9.97. The van der Waals surface area contributed by atoms with Crippen LogP contribution < -0.4 is 0 Å². The number of carbonyl (C=O) groups is 3. The molecule has 3 amide bonds. The van der Waals surface area contributed by atoms with E-state index in [1.54, 1.807) is 0 Å². The average Bonchev–Trinajstić information content (AvgIpc) is 2.86. The summed E-state index contributed by atoms with van der Waals surface area (Å²) in [6, 6.07) is 7.21. The van der Waals surface area contributed by atoms with Gasteiger partial charge in [-0.3, -0.25) is 4.79 Å². The second-order valence-electron chi connectivity index (χ2n) is 6.57. The summed E-state index contributed by atoms with van der Waals surface area (Å²) in [6.45, 7) is 4.19. The van der Waals surface area contributed by atoms with E-state index in [0.29, 0.717) is 12.3 Å². The number of nitrogens with zero attached hydrogens (tertiary/aromatic N) is 2. The van der Waals surface area contributed by atoms with Gasteiger partial charge in [0.1, 0.15) is 12.1 Å². The van der Waals surface area contributed by atoms with Crippen molar-refractivity contribution in [3.63, 3.8) is 0 Å². The van der Waals surface area contributed by atoms with E-state index < -0.39 is 30.0 Å². The van der Waals surface area contributed by atoms with Crippen LogP contribution in [0.1, 0.15) is 32.3 Å². The summed E-state index contributed by atoms with van der Waals surface area (Å²) in [5.74, 6) is -1.00. The summed E-state index contributed by atoms with van der Waals surface area (Å²) in [4.78, 5) is 40.3. The number of carboxylic acids is 1. The molecule has 1 aliphatic rings. The Bertz CT molecular complexity index is 652. The van der Waals surface area contributed by atoms with E-state index in [1.165, 1.54) is 16.7 Å². The van der Waals surface area contributed by atoms with Crippen molar-refractivity contribution in [2.75, 3.05) is 12.0 Å². The van der Waals surface area contributed by atoms with Crippen LogP contribution in [0.3, 0.4) is 0 Å². The first kappa shape index (κ1) is 20.3. The molecule has 2 rings (SSSR count). The summed E-state index contributed by atoms with van der Waals surface area (Å²) in [7, 11) is 0. The number of hydrogen-bond donors (Lipinski definition) is 1. The second kappa shape index (κ2) is 9.07. The fourth-order valence-corrected chi connectivity index (χ4v) is 3.69. The molecule has 0 bridgehead atoms. The zero-order valence-corrected chi connectivity index (χ0v) is 16.2. The molecular formula is C19H26N2O4S. The largest absolute Gasteiger partial charge is 0.480 e. The number of urea groups is 1. The highest BCUT2D eigenvalue weighted by molar-refractivity contribution is 7.98. The summed E-state index contributed by atoms with van der Waals surface area (Å²) in [5.41, 5.74) is 0.916. The van der Waals surface area contributed by atoms with Crippen molar-refractivity contribution in [2.24, 2.45) is 5.92 Å². The standard InChI is InChI=1S/C19H26N2O4S/c1-4-13(2)16-17(22)21(15(18(23)24)10-11-26-3)19(25)20(16)12-14-8-6-5-7-9-14/h5-9,13,15-16H,4,10-12H2,1-3H3,(H,23,24). The number of carboxylic acid groups (broad SMARTS) is 1. The Morgan fingerprint density at radius 2 is 1.92 bits per heavy atom. The van der Waals surface area contributed by atoms with Gasteiger partial charge in [0.05, 0.1) is 0 Å². The molecule has 0 spiro atoms. The normalized spacial score (nSPS) is 19.7. The van der Waals surface area contributed by atoms with Crippen molar-refractivity contribution < 1.29 is 19.5 Å². The van der Waals surface area contributed by atoms with Crippen LogP contribution in [0.4, 0.5) is 4.79 Å². The number of benzene rings is 1. The number of carbonyl (C=O) groups excluding carboxylic acids is 2. The van der Waals surface area contributed by atoms with Gasteiger partial charge >= 0.3 is 12.0 Å². The molecule has 1 saturated heterocycles. The molecule has 1 fully saturated rings. The zero-order valence-electron chi connectivity index (χ0n) is 15.4. The van der Waals surface area contributed by atoms with Gasteiger partial charge in [-0.15, -0.1) is 0 Å². The third-order valence-electron chi connectivity index (χ3n) is 4.85. The lowest BCUT2D eigenvalue weighted by molar-refractivity contribution is -0.147. The summed E-state index contributed by atoms with van der Waals surface area (Å²) < 4.78 is 0. The quantitative estimate of drug-likeness (QED) is 0.668. The van der Waals surface area contributed by atoms with Gasteiger partial charge < -0.3 is 10.0 Å². The van der Waals surface area contributed by atoms with Gasteiger partial charge in [-0.1, -0.05) is 50.6 Å². The van der Waals surface area contributed by atoms with Crippen molar-refractivity contribution in [3.8, 4) is 0 Å². The second-order valence-corrected chi connectivity index (χ2v) is 7.56. The minimum atomic E-state index is -1.13. The molecule has 3 unspecified atom stereocenters. The van der Waals surface area contributed by atoms with Crippen molar-refractivity contribution in [2.45, 2.75) is 45.3 Å². The third-order valence-corrected chi connectivity index (χ3v) is 5.49. The summed E-state index contributed by atoms with van der Waals surface area (Å²) in [6.07, 6.45) is 2.85. The molecule has 1 N–H and O–H groups in total. The Morgan fingerprint density at radius 3 is 2.46 bits per heavy atom.